The summed E-state index contributed by atoms with van der Waals surface area (Å²) in [6, 6.07) is -6.63. The van der Waals surface area contributed by atoms with Crippen LogP contribution in [0.2, 0.25) is 0 Å². The van der Waals surface area contributed by atoms with Crippen LogP contribution in [0.15, 0.2) is 0 Å². The fourth-order valence-electron chi connectivity index (χ4n) is 8.85. The third kappa shape index (κ3) is 14.9. The first-order chi connectivity index (χ1) is 34.7. The maximum absolute atomic E-state index is 12.9. The summed E-state index contributed by atoms with van der Waals surface area (Å²) in [6.45, 7) is -2.22. The molecule has 0 unspecified atom stereocenters. The van der Waals surface area contributed by atoms with E-state index in [-0.39, 0.29) is 0 Å². The second kappa shape index (κ2) is 27.7. The molecule has 4 saturated heterocycles. The number of ether oxygens (including phenoxy) is 8. The van der Waals surface area contributed by atoms with Gasteiger partial charge < -0.3 is 141 Å². The minimum Gasteiger partial charge on any atom is -0.477 e. The molecule has 4 aliphatic heterocycles. The lowest BCUT2D eigenvalue weighted by atomic mass is 9.88. The highest BCUT2D eigenvalue weighted by Gasteiger charge is 2.60. The smallest absolute Gasteiger partial charge is 0.364 e. The number of hydrogen-bond acceptors (Lipinski definition) is 28. The number of nitrogens with one attached hydrogen (secondary N) is 4. The lowest BCUT2D eigenvalue weighted by Gasteiger charge is -2.51. The molecule has 0 bridgehead atoms. The Morgan fingerprint density at radius 2 is 1.14 bits per heavy atom. The van der Waals surface area contributed by atoms with Gasteiger partial charge in [0.15, 0.2) is 18.9 Å². The first-order valence-corrected chi connectivity index (χ1v) is 23.1. The Morgan fingerprint density at radius 3 is 1.65 bits per heavy atom. The number of carbonyl (C=O) groups excluding carboxylic acids is 4. The van der Waals surface area contributed by atoms with Gasteiger partial charge in [0.2, 0.25) is 23.6 Å². The molecule has 25 atom stereocenters. The van der Waals surface area contributed by atoms with Gasteiger partial charge in [-0.2, -0.15) is 0 Å². The Kier molecular flexibility index (Phi) is 23.5. The number of hydrogen-bond donors (Lipinski definition) is 20. The second-order valence-corrected chi connectivity index (χ2v) is 18.1. The molecular weight excluding hydrogens is 1010 g/mol. The van der Waals surface area contributed by atoms with Crippen LogP contribution in [0.25, 0.3) is 0 Å². The van der Waals surface area contributed by atoms with Crippen LogP contribution in [0.1, 0.15) is 34.1 Å². The number of aliphatic carboxylic acids is 1. The van der Waals surface area contributed by atoms with Gasteiger partial charge in [0.25, 0.3) is 5.79 Å². The van der Waals surface area contributed by atoms with Gasteiger partial charge in [-0.3, -0.25) is 19.2 Å². The molecule has 4 fully saturated rings. The normalized spacial score (nSPS) is 39.1. The average molecular weight is 1080 g/mol. The molecule has 428 valence electrons. The van der Waals surface area contributed by atoms with Crippen LogP contribution in [0.5, 0.6) is 0 Å². The van der Waals surface area contributed by atoms with E-state index >= 15 is 0 Å². The summed E-state index contributed by atoms with van der Waals surface area (Å²) >= 11 is 0. The lowest BCUT2D eigenvalue weighted by Crippen LogP contribution is -2.71. The summed E-state index contributed by atoms with van der Waals surface area (Å²) in [6.07, 6.45) is -41.4. The molecular formula is C41H70N4O29. The Bertz CT molecular complexity index is 1850. The van der Waals surface area contributed by atoms with Gasteiger partial charge in [-0.15, -0.1) is 0 Å². The molecule has 74 heavy (non-hydrogen) atoms. The summed E-state index contributed by atoms with van der Waals surface area (Å²) < 4.78 is 45.5. The molecule has 0 aliphatic carbocycles. The van der Waals surface area contributed by atoms with E-state index in [1.807, 2.05) is 0 Å². The molecule has 4 rings (SSSR count). The van der Waals surface area contributed by atoms with Crippen molar-refractivity contribution in [1.82, 2.24) is 21.3 Å². The van der Waals surface area contributed by atoms with Crippen LogP contribution in [-0.4, -0.2) is 304 Å². The molecule has 33 heteroatoms. The van der Waals surface area contributed by atoms with Crippen LogP contribution in [-0.2, 0) is 61.9 Å². The summed E-state index contributed by atoms with van der Waals surface area (Å²) in [7, 11) is 0. The predicted molar refractivity (Wildman–Crippen MR) is 232 cm³/mol. The van der Waals surface area contributed by atoms with Crippen LogP contribution in [0, 0.1) is 0 Å². The van der Waals surface area contributed by atoms with Crippen molar-refractivity contribution in [2.75, 3.05) is 39.6 Å². The monoisotopic (exact) mass is 1080 g/mol. The molecule has 0 aromatic heterocycles. The Labute approximate surface area is 420 Å². The first-order valence-electron chi connectivity index (χ1n) is 23.1. The van der Waals surface area contributed by atoms with Gasteiger partial charge in [-0.05, 0) is 0 Å². The standard InChI is InChI=1S/C41H70N4O29/c1-12(51)42-16(6-46)33(71-38-24(44-14(3)53)30(62)28(60)20(8-48)68-38)27(59)19(57)11-67-37-25(45-15(4)54)31(63)34(22(10-50)70-37)72-39-32(64)36(29(61)21(9-49)69-39)74-41(40(65)66)5-17(55)23(43-13(2)52)35(73-41)26(58)18(56)7-47/h16-39,46-50,55-64H,5-11H2,1-4H3,(H,42,51)(H,43,52)(H,44,53)(H,45,54)(H,65,66)/t16-,17-,18+,19+,20+,21+,22+,23+,24+,25+,26+,27-,28+,29-,30+,31+,32+,33+,34+,35+,36-,37+,38-,39-,41-/m0/s1. The second-order valence-electron chi connectivity index (χ2n) is 18.1. The van der Waals surface area contributed by atoms with Crippen molar-refractivity contribution in [3.05, 3.63) is 0 Å². The predicted octanol–water partition coefficient (Wildman–Crippen LogP) is -12.5. The van der Waals surface area contributed by atoms with Crippen molar-refractivity contribution < 1.29 is 144 Å². The van der Waals surface area contributed by atoms with Crippen molar-refractivity contribution in [3.8, 4) is 0 Å². The molecule has 4 heterocycles. The van der Waals surface area contributed by atoms with E-state index in [4.69, 9.17) is 37.9 Å². The zero-order valence-electron chi connectivity index (χ0n) is 40.3. The summed E-state index contributed by atoms with van der Waals surface area (Å²) in [4.78, 5) is 61.6. The van der Waals surface area contributed by atoms with Gasteiger partial charge in [-0.25, -0.2) is 4.79 Å². The highest BCUT2D eigenvalue weighted by molar-refractivity contribution is 5.77. The zero-order chi connectivity index (χ0) is 55.7. The van der Waals surface area contributed by atoms with E-state index in [1.165, 1.54) is 0 Å². The molecule has 0 spiro atoms. The highest BCUT2D eigenvalue weighted by atomic mass is 16.8. The van der Waals surface area contributed by atoms with Crippen molar-refractivity contribution in [2.45, 2.75) is 187 Å². The van der Waals surface area contributed by atoms with E-state index in [9.17, 15) is 106 Å². The van der Waals surface area contributed by atoms with E-state index in [0.717, 1.165) is 27.7 Å². The quantitative estimate of drug-likeness (QED) is 0.0427. The number of aliphatic hydroxyl groups excluding tert-OH is 15. The third-order valence-electron chi connectivity index (χ3n) is 12.5. The Balaban J connectivity index is 1.60. The zero-order valence-corrected chi connectivity index (χ0v) is 40.3. The Morgan fingerprint density at radius 1 is 0.608 bits per heavy atom. The maximum atomic E-state index is 12.9. The number of aliphatic hydroxyl groups is 15. The molecule has 33 nitrogen and oxygen atoms in total. The molecule has 4 amide bonds. The van der Waals surface area contributed by atoms with Crippen LogP contribution >= 0.6 is 0 Å². The van der Waals surface area contributed by atoms with E-state index in [2.05, 4.69) is 21.3 Å². The lowest BCUT2D eigenvalue weighted by molar-refractivity contribution is -0.383. The van der Waals surface area contributed by atoms with Gasteiger partial charge in [0, 0.05) is 34.1 Å². The molecule has 0 saturated carbocycles. The fraction of sp³-hybridized carbons (Fsp3) is 0.878. The van der Waals surface area contributed by atoms with Gasteiger partial charge >= 0.3 is 5.97 Å². The number of amides is 4. The summed E-state index contributed by atoms with van der Waals surface area (Å²) in [5.74, 6) is -8.48. The maximum Gasteiger partial charge on any atom is 0.364 e. The van der Waals surface area contributed by atoms with Gasteiger partial charge in [0.1, 0.15) is 110 Å². The molecule has 20 N–H and O–H groups in total. The summed E-state index contributed by atoms with van der Waals surface area (Å²) in [5, 5.41) is 181. The molecule has 4 aliphatic rings. The largest absolute Gasteiger partial charge is 0.477 e. The van der Waals surface area contributed by atoms with E-state index in [1.54, 1.807) is 0 Å². The summed E-state index contributed by atoms with van der Waals surface area (Å²) in [5.41, 5.74) is 0. The Hall–Kier alpha value is -3.57. The van der Waals surface area contributed by atoms with Crippen molar-refractivity contribution >= 4 is 29.6 Å². The SMILES string of the molecule is CC(=O)N[C@H]1[C@H](OC[C@@H](O)[C@H](O)[C@H](O[C@@H]2O[C@H](CO)[C@@H](O)[C@H](O)[C@H]2NC(C)=O)[C@H](CO)NC(C)=O)O[C@H](CO)[C@@H](O[C@@H]2O[C@H](CO)[C@H](O)[C@H](O[C@]3(C(=O)O)C[C@H](O)[C@@H](NC(C)=O)[C@H]([C@H](O)[C@H](O)CO)O3)[C@H]2O)[C@@H]1O. The number of rotatable bonds is 24. The minimum absolute atomic E-state index is 0.771. The molecule has 0 aromatic rings. The van der Waals surface area contributed by atoms with Crippen LogP contribution < -0.4 is 21.3 Å². The van der Waals surface area contributed by atoms with Crippen LogP contribution in [0.3, 0.4) is 0 Å². The van der Waals surface area contributed by atoms with E-state index < -0.39 is 228 Å². The minimum atomic E-state index is -3.17. The van der Waals surface area contributed by atoms with Gasteiger partial charge in [-0.1, -0.05) is 0 Å². The number of carboxylic acids is 1. The molecule has 0 radical (unpaired) electrons. The number of carboxylic acid groups (broad SMARTS) is 1. The fourth-order valence-corrected chi connectivity index (χ4v) is 8.85. The van der Waals surface area contributed by atoms with Gasteiger partial charge in [0.05, 0.1) is 57.8 Å². The third-order valence-corrected chi connectivity index (χ3v) is 12.5. The topological polar surface area (TPSA) is 531 Å². The van der Waals surface area contributed by atoms with Crippen molar-refractivity contribution in [1.29, 1.82) is 0 Å². The average Bonchev–Trinajstić information content (AvgIpc) is 3.34. The van der Waals surface area contributed by atoms with Crippen molar-refractivity contribution in [2.24, 2.45) is 0 Å². The number of carbonyl (C=O) groups is 5. The van der Waals surface area contributed by atoms with Crippen LogP contribution in [0.4, 0.5) is 0 Å². The van der Waals surface area contributed by atoms with E-state index in [0.29, 0.717) is 0 Å². The highest BCUT2D eigenvalue weighted by Crippen LogP contribution is 2.39. The van der Waals surface area contributed by atoms with Crippen molar-refractivity contribution in [3.63, 3.8) is 0 Å². The first kappa shape index (κ1) is 63.0. The molecule has 0 aromatic carbocycles.